The zero-order valence-corrected chi connectivity index (χ0v) is 11.9. The lowest BCUT2D eigenvalue weighted by Gasteiger charge is -2.09. The van der Waals surface area contributed by atoms with Gasteiger partial charge in [0, 0.05) is 17.7 Å². The van der Waals surface area contributed by atoms with Gasteiger partial charge in [-0.05, 0) is 35.9 Å². The lowest BCUT2D eigenvalue weighted by molar-refractivity contribution is 0.0996. The van der Waals surface area contributed by atoms with Crippen molar-refractivity contribution in [3.8, 4) is 0 Å². The molecule has 0 fully saturated rings. The summed E-state index contributed by atoms with van der Waals surface area (Å²) < 4.78 is 0. The van der Waals surface area contributed by atoms with Crippen molar-refractivity contribution in [3.05, 3.63) is 64.2 Å². The Morgan fingerprint density at radius 3 is 2.24 bits per heavy atom. The molecule has 0 aliphatic heterocycles. The molecule has 0 aliphatic rings. The Balaban J connectivity index is 2.22. The Kier molecular flexibility index (Phi) is 4.57. The van der Waals surface area contributed by atoms with E-state index in [4.69, 9.17) is 23.1 Å². The summed E-state index contributed by atoms with van der Waals surface area (Å²) in [5.41, 5.74) is 12.7. The Morgan fingerprint density at radius 2 is 1.67 bits per heavy atom. The summed E-state index contributed by atoms with van der Waals surface area (Å²) in [4.78, 5) is 23.3. The van der Waals surface area contributed by atoms with Gasteiger partial charge in [-0.15, -0.1) is 0 Å². The highest BCUT2D eigenvalue weighted by molar-refractivity contribution is 6.34. The fourth-order valence-electron chi connectivity index (χ4n) is 1.76. The molecule has 6 heteroatoms. The second-order valence-electron chi connectivity index (χ2n) is 4.41. The molecule has 0 aliphatic carbocycles. The van der Waals surface area contributed by atoms with Crippen LogP contribution in [0.15, 0.2) is 42.5 Å². The van der Waals surface area contributed by atoms with Crippen LogP contribution in [0, 0.1) is 0 Å². The normalized spacial score (nSPS) is 10.2. The van der Waals surface area contributed by atoms with Crippen molar-refractivity contribution >= 4 is 29.1 Å². The number of rotatable bonds is 4. The van der Waals surface area contributed by atoms with Gasteiger partial charge >= 0.3 is 0 Å². The fraction of sp³-hybridized carbons (Fsp3) is 0.0667. The van der Waals surface area contributed by atoms with Crippen LogP contribution in [0.4, 0.5) is 5.69 Å². The summed E-state index contributed by atoms with van der Waals surface area (Å²) in [6, 6.07) is 11.3. The highest BCUT2D eigenvalue weighted by Gasteiger charge is 2.10. The van der Waals surface area contributed by atoms with E-state index in [1.807, 2.05) is 0 Å². The van der Waals surface area contributed by atoms with Crippen LogP contribution in [0.5, 0.6) is 0 Å². The molecule has 5 N–H and O–H groups in total. The van der Waals surface area contributed by atoms with Crippen molar-refractivity contribution in [1.82, 2.24) is 0 Å². The molecule has 0 saturated carbocycles. The van der Waals surface area contributed by atoms with Crippen molar-refractivity contribution < 1.29 is 9.59 Å². The van der Waals surface area contributed by atoms with Crippen molar-refractivity contribution in [2.24, 2.45) is 11.5 Å². The van der Waals surface area contributed by atoms with Gasteiger partial charge in [-0.2, -0.15) is 0 Å². The molecule has 0 heterocycles. The lowest BCUT2D eigenvalue weighted by atomic mass is 10.1. The maximum Gasteiger partial charge on any atom is 0.255 e. The van der Waals surface area contributed by atoms with Gasteiger partial charge in [-0.1, -0.05) is 23.7 Å². The van der Waals surface area contributed by atoms with Crippen LogP contribution in [-0.4, -0.2) is 11.8 Å². The van der Waals surface area contributed by atoms with Crippen LogP contribution >= 0.6 is 11.6 Å². The molecule has 0 saturated heterocycles. The number of benzene rings is 2. The third kappa shape index (κ3) is 3.59. The predicted molar refractivity (Wildman–Crippen MR) is 82.3 cm³/mol. The van der Waals surface area contributed by atoms with Crippen molar-refractivity contribution in [1.29, 1.82) is 0 Å². The first-order valence-corrected chi connectivity index (χ1v) is 6.59. The Morgan fingerprint density at radius 1 is 1.05 bits per heavy atom. The van der Waals surface area contributed by atoms with Gasteiger partial charge in [0.25, 0.3) is 5.91 Å². The van der Waals surface area contributed by atoms with E-state index in [1.54, 1.807) is 24.3 Å². The molecule has 0 radical (unpaired) electrons. The van der Waals surface area contributed by atoms with Crippen LogP contribution in [-0.2, 0) is 6.54 Å². The third-order valence-corrected chi connectivity index (χ3v) is 3.28. The maximum absolute atomic E-state index is 12.1. The first kappa shape index (κ1) is 15.0. The number of primary amides is 1. The summed E-state index contributed by atoms with van der Waals surface area (Å²) >= 11 is 6.00. The summed E-state index contributed by atoms with van der Waals surface area (Å²) in [7, 11) is 0. The second-order valence-corrected chi connectivity index (χ2v) is 4.82. The average molecular weight is 304 g/mol. The highest BCUT2D eigenvalue weighted by Crippen LogP contribution is 2.23. The number of carbonyl (C=O) groups excluding carboxylic acids is 2. The molecule has 5 nitrogen and oxygen atoms in total. The summed E-state index contributed by atoms with van der Waals surface area (Å²) in [6.45, 7) is 0.411. The van der Waals surface area contributed by atoms with E-state index in [9.17, 15) is 9.59 Å². The Bertz CT molecular complexity index is 684. The fourth-order valence-corrected chi connectivity index (χ4v) is 1.93. The summed E-state index contributed by atoms with van der Waals surface area (Å²) in [6.07, 6.45) is 0. The minimum Gasteiger partial charge on any atom is -0.366 e. The summed E-state index contributed by atoms with van der Waals surface area (Å²) in [5, 5.41) is 2.98. The molecule has 2 amide bonds. The molecule has 2 aromatic rings. The van der Waals surface area contributed by atoms with Gasteiger partial charge in [0.2, 0.25) is 5.91 Å². The van der Waals surface area contributed by atoms with Gasteiger partial charge < -0.3 is 16.8 Å². The lowest BCUT2D eigenvalue weighted by Crippen LogP contribution is -2.15. The van der Waals surface area contributed by atoms with Crippen LogP contribution < -0.4 is 16.8 Å². The number of hydrogen-bond donors (Lipinski definition) is 3. The quantitative estimate of drug-likeness (QED) is 0.807. The minimum atomic E-state index is -0.588. The van der Waals surface area contributed by atoms with Crippen molar-refractivity contribution in [2.45, 2.75) is 6.54 Å². The van der Waals surface area contributed by atoms with Gasteiger partial charge in [0.05, 0.1) is 10.7 Å². The number of anilines is 1. The number of nitrogens with one attached hydrogen (secondary N) is 1. The standard InChI is InChI=1S/C15H14ClN3O2/c16-12-6-5-11(14(18)20)7-13(12)19-15(21)10-3-1-9(8-17)2-4-10/h1-7H,8,17H2,(H2,18,20)(H,19,21). The molecule has 0 bridgehead atoms. The van der Waals surface area contributed by atoms with Gasteiger partial charge in [0.1, 0.15) is 0 Å². The Labute approximate surface area is 126 Å². The third-order valence-electron chi connectivity index (χ3n) is 2.95. The zero-order valence-electron chi connectivity index (χ0n) is 11.1. The number of amides is 2. The number of carbonyl (C=O) groups is 2. The molecular formula is C15H14ClN3O2. The van der Waals surface area contributed by atoms with E-state index < -0.39 is 5.91 Å². The van der Waals surface area contributed by atoms with Gasteiger partial charge in [0.15, 0.2) is 0 Å². The SMILES string of the molecule is NCc1ccc(C(=O)Nc2cc(C(N)=O)ccc2Cl)cc1. The molecule has 0 aromatic heterocycles. The predicted octanol–water partition coefficient (Wildman–Crippen LogP) is 2.15. The average Bonchev–Trinajstić information content (AvgIpc) is 2.49. The van der Waals surface area contributed by atoms with Crippen molar-refractivity contribution in [2.75, 3.05) is 5.32 Å². The van der Waals surface area contributed by atoms with E-state index in [2.05, 4.69) is 5.32 Å². The van der Waals surface area contributed by atoms with E-state index in [-0.39, 0.29) is 11.5 Å². The largest absolute Gasteiger partial charge is 0.366 e. The first-order valence-electron chi connectivity index (χ1n) is 6.21. The molecule has 0 atom stereocenters. The number of halogens is 1. The molecule has 2 aromatic carbocycles. The zero-order chi connectivity index (χ0) is 15.4. The van der Waals surface area contributed by atoms with Crippen LogP contribution in [0.25, 0.3) is 0 Å². The van der Waals surface area contributed by atoms with Crippen LogP contribution in [0.2, 0.25) is 5.02 Å². The monoisotopic (exact) mass is 303 g/mol. The van der Waals surface area contributed by atoms with E-state index in [0.29, 0.717) is 22.8 Å². The first-order chi connectivity index (χ1) is 10.0. The molecule has 0 spiro atoms. The van der Waals surface area contributed by atoms with Crippen LogP contribution in [0.3, 0.4) is 0 Å². The van der Waals surface area contributed by atoms with E-state index in [1.165, 1.54) is 18.2 Å². The number of hydrogen-bond acceptors (Lipinski definition) is 3. The maximum atomic E-state index is 12.1. The van der Waals surface area contributed by atoms with Crippen LogP contribution in [0.1, 0.15) is 26.3 Å². The molecular weight excluding hydrogens is 290 g/mol. The summed E-state index contributed by atoms with van der Waals surface area (Å²) in [5.74, 6) is -0.920. The Hall–Kier alpha value is -2.37. The minimum absolute atomic E-state index is 0.271. The second kappa shape index (κ2) is 6.39. The van der Waals surface area contributed by atoms with Gasteiger partial charge in [-0.3, -0.25) is 9.59 Å². The van der Waals surface area contributed by atoms with E-state index >= 15 is 0 Å². The van der Waals surface area contributed by atoms with Gasteiger partial charge in [-0.25, -0.2) is 0 Å². The van der Waals surface area contributed by atoms with Crippen molar-refractivity contribution in [3.63, 3.8) is 0 Å². The highest BCUT2D eigenvalue weighted by atomic mass is 35.5. The molecule has 2 rings (SSSR count). The smallest absolute Gasteiger partial charge is 0.255 e. The number of nitrogens with two attached hydrogens (primary N) is 2. The van der Waals surface area contributed by atoms with E-state index in [0.717, 1.165) is 5.56 Å². The molecule has 0 unspecified atom stereocenters. The molecule has 21 heavy (non-hydrogen) atoms. The topological polar surface area (TPSA) is 98.2 Å². The molecule has 108 valence electrons.